The van der Waals surface area contributed by atoms with E-state index in [1.807, 2.05) is 23.6 Å². The molecule has 3 heterocycles. The Morgan fingerprint density at radius 2 is 1.97 bits per heavy atom. The number of Topliss-reactive ketones (excluding diaryl/α,β-unsaturated/α-hetero) is 1. The van der Waals surface area contributed by atoms with Crippen LogP contribution in [0, 0.1) is 0 Å². The van der Waals surface area contributed by atoms with Gasteiger partial charge in [-0.15, -0.1) is 11.3 Å². The Kier molecular flexibility index (Phi) is 4.59. The Balaban J connectivity index is 1.56. The fraction of sp³-hybridized carbons (Fsp3) is 0.238. The van der Waals surface area contributed by atoms with E-state index in [1.54, 1.807) is 23.5 Å². The van der Waals surface area contributed by atoms with Gasteiger partial charge in [0.2, 0.25) is 11.6 Å². The number of hydrogen-bond acceptors (Lipinski definition) is 9. The zero-order chi connectivity index (χ0) is 20.7. The fourth-order valence-corrected chi connectivity index (χ4v) is 4.84. The molecule has 1 aliphatic heterocycles. The van der Waals surface area contributed by atoms with Gasteiger partial charge in [-0.25, -0.2) is 9.42 Å². The fourth-order valence-electron chi connectivity index (χ4n) is 4.01. The molecule has 9 heteroatoms. The summed E-state index contributed by atoms with van der Waals surface area (Å²) < 4.78 is 9.66. The third kappa shape index (κ3) is 3.17. The van der Waals surface area contributed by atoms with Crippen LogP contribution < -0.4 is 10.6 Å². The van der Waals surface area contributed by atoms with Gasteiger partial charge in [0.15, 0.2) is 5.78 Å². The summed E-state index contributed by atoms with van der Waals surface area (Å²) in [6, 6.07) is 10.6. The number of ketones is 1. The second-order valence-corrected chi connectivity index (χ2v) is 8.19. The van der Waals surface area contributed by atoms with E-state index < -0.39 is 12.0 Å². The first kappa shape index (κ1) is 18.6. The van der Waals surface area contributed by atoms with E-state index in [0.717, 1.165) is 11.3 Å². The van der Waals surface area contributed by atoms with Gasteiger partial charge in [-0.2, -0.15) is 0 Å². The van der Waals surface area contributed by atoms with Crippen molar-refractivity contribution in [3.8, 4) is 0 Å². The number of thiophene rings is 1. The number of methoxy groups -OCH3 is 1. The van der Waals surface area contributed by atoms with E-state index in [-0.39, 0.29) is 11.7 Å². The molecule has 1 aromatic carbocycles. The van der Waals surface area contributed by atoms with Gasteiger partial charge in [0, 0.05) is 28.5 Å². The summed E-state index contributed by atoms with van der Waals surface area (Å²) in [6.45, 7) is 0. The van der Waals surface area contributed by atoms with Crippen molar-refractivity contribution >= 4 is 34.7 Å². The number of carbonyl (C=O) groups is 2. The first-order chi connectivity index (χ1) is 14.6. The number of rotatable bonds is 3. The van der Waals surface area contributed by atoms with Crippen LogP contribution in [0.4, 0.5) is 11.6 Å². The van der Waals surface area contributed by atoms with Crippen molar-refractivity contribution in [1.29, 1.82) is 0 Å². The highest BCUT2D eigenvalue weighted by molar-refractivity contribution is 7.10. The number of benzene rings is 1. The molecule has 0 saturated heterocycles. The lowest BCUT2D eigenvalue weighted by molar-refractivity contribution is -0.116. The smallest absolute Gasteiger partial charge is 0.337 e. The Morgan fingerprint density at radius 1 is 1.17 bits per heavy atom. The molecule has 8 nitrogen and oxygen atoms in total. The number of nitrogens with one attached hydrogen (secondary N) is 2. The summed E-state index contributed by atoms with van der Waals surface area (Å²) in [7, 11) is 1.34. The molecule has 2 atom stereocenters. The second-order valence-electron chi connectivity index (χ2n) is 7.21. The van der Waals surface area contributed by atoms with Gasteiger partial charge in [0.25, 0.3) is 0 Å². The Morgan fingerprint density at radius 3 is 2.70 bits per heavy atom. The lowest BCUT2D eigenvalue weighted by atomic mass is 9.81. The first-order valence-electron chi connectivity index (χ1n) is 9.48. The Hall–Kier alpha value is -3.46. The summed E-state index contributed by atoms with van der Waals surface area (Å²) in [5, 5.41) is 16.4. The molecule has 152 valence electrons. The summed E-state index contributed by atoms with van der Waals surface area (Å²) in [6.07, 6.45) is 1.13. The first-order valence-corrected chi connectivity index (χ1v) is 10.4. The van der Waals surface area contributed by atoms with Crippen molar-refractivity contribution in [3.05, 3.63) is 69.1 Å². The molecule has 3 aromatic rings. The highest BCUT2D eigenvalue weighted by Crippen LogP contribution is 2.44. The summed E-state index contributed by atoms with van der Waals surface area (Å²) in [5.41, 5.74) is 2.75. The summed E-state index contributed by atoms with van der Waals surface area (Å²) in [5.74, 6) is 0.668. The van der Waals surface area contributed by atoms with E-state index in [4.69, 9.17) is 9.37 Å². The molecule has 0 fully saturated rings. The zero-order valence-corrected chi connectivity index (χ0v) is 16.9. The van der Waals surface area contributed by atoms with Crippen molar-refractivity contribution in [2.75, 3.05) is 17.7 Å². The lowest BCUT2D eigenvalue weighted by Gasteiger charge is -2.29. The van der Waals surface area contributed by atoms with Crippen molar-refractivity contribution in [2.24, 2.45) is 0 Å². The maximum atomic E-state index is 13.3. The summed E-state index contributed by atoms with van der Waals surface area (Å²) >= 11 is 1.66. The van der Waals surface area contributed by atoms with Gasteiger partial charge in [-0.1, -0.05) is 18.2 Å². The molecular weight excluding hydrogens is 404 g/mol. The minimum absolute atomic E-state index is 0.0683. The highest BCUT2D eigenvalue weighted by atomic mass is 32.1. The van der Waals surface area contributed by atoms with Crippen LogP contribution in [0.2, 0.25) is 0 Å². The quantitative estimate of drug-likeness (QED) is 0.612. The monoisotopic (exact) mass is 422 g/mol. The zero-order valence-electron chi connectivity index (χ0n) is 16.0. The third-order valence-corrected chi connectivity index (χ3v) is 6.48. The normalized spacial score (nSPS) is 20.5. The topological polar surface area (TPSA) is 106 Å². The molecule has 1 aliphatic carbocycles. The van der Waals surface area contributed by atoms with Gasteiger partial charge in [-0.05, 0) is 45.9 Å². The predicted molar refractivity (Wildman–Crippen MR) is 110 cm³/mol. The minimum Gasteiger partial charge on any atom is -0.465 e. The molecule has 0 bridgehead atoms. The Bertz CT molecular complexity index is 1130. The second kappa shape index (κ2) is 7.42. The van der Waals surface area contributed by atoms with E-state index in [9.17, 15) is 9.59 Å². The number of ether oxygens (including phenoxy) is 1. The SMILES string of the molecule is COC(=O)c1ccc([C@@H]2Nc3nonc3NC3=C2C(=O)C[C@H](c2cccs2)C3)cc1. The molecule has 0 amide bonds. The van der Waals surface area contributed by atoms with Crippen LogP contribution in [0.15, 0.2) is 57.7 Å². The van der Waals surface area contributed by atoms with E-state index >= 15 is 0 Å². The molecular formula is C21H18N4O4S. The molecule has 30 heavy (non-hydrogen) atoms. The van der Waals surface area contributed by atoms with Crippen LogP contribution in [-0.2, 0) is 9.53 Å². The number of carbonyl (C=O) groups excluding carboxylic acids is 2. The lowest BCUT2D eigenvalue weighted by Crippen LogP contribution is -2.26. The highest BCUT2D eigenvalue weighted by Gasteiger charge is 2.37. The molecule has 0 spiro atoms. The maximum Gasteiger partial charge on any atom is 0.337 e. The van der Waals surface area contributed by atoms with Gasteiger partial charge >= 0.3 is 5.97 Å². The predicted octanol–water partition coefficient (Wildman–Crippen LogP) is 3.90. The van der Waals surface area contributed by atoms with Crippen molar-refractivity contribution in [1.82, 2.24) is 10.3 Å². The molecule has 0 unspecified atom stereocenters. The number of esters is 1. The van der Waals surface area contributed by atoms with Crippen molar-refractivity contribution < 1.29 is 19.0 Å². The molecule has 2 N–H and O–H groups in total. The van der Waals surface area contributed by atoms with Crippen LogP contribution in [-0.4, -0.2) is 29.2 Å². The van der Waals surface area contributed by atoms with Crippen molar-refractivity contribution in [2.45, 2.75) is 24.8 Å². The number of fused-ring (bicyclic) bond motifs is 1. The van der Waals surface area contributed by atoms with E-state index in [0.29, 0.717) is 35.6 Å². The van der Waals surface area contributed by atoms with Crippen LogP contribution in [0.1, 0.15) is 45.6 Å². The average Bonchev–Trinajstić information content (AvgIpc) is 3.42. The van der Waals surface area contributed by atoms with E-state index in [2.05, 4.69) is 27.0 Å². The molecule has 0 saturated carbocycles. The van der Waals surface area contributed by atoms with Crippen molar-refractivity contribution in [3.63, 3.8) is 0 Å². The van der Waals surface area contributed by atoms with Crippen LogP contribution in [0.3, 0.4) is 0 Å². The van der Waals surface area contributed by atoms with Gasteiger partial charge < -0.3 is 15.4 Å². The van der Waals surface area contributed by atoms with Crippen LogP contribution >= 0.6 is 11.3 Å². The van der Waals surface area contributed by atoms with Gasteiger partial charge in [0.05, 0.1) is 18.7 Å². The minimum atomic E-state index is -0.441. The average molecular weight is 422 g/mol. The standard InChI is InChI=1S/C21H18N4O4S/c1-28-21(27)12-6-4-11(5-7-12)18-17-14(22-19-20(23-18)25-29-24-19)9-13(10-15(17)26)16-3-2-8-30-16/h2-8,13,18H,9-10H2,1H3,(H,22,24)(H,23,25)/t13-,18+/m1/s1. The van der Waals surface area contributed by atoms with Crippen LogP contribution in [0.25, 0.3) is 0 Å². The van der Waals surface area contributed by atoms with E-state index in [1.165, 1.54) is 12.0 Å². The Labute approximate surface area is 175 Å². The number of allylic oxidation sites excluding steroid dienone is 1. The molecule has 0 radical (unpaired) electrons. The maximum absolute atomic E-state index is 13.3. The van der Waals surface area contributed by atoms with Gasteiger partial charge in [-0.3, -0.25) is 4.79 Å². The number of aromatic nitrogens is 2. The van der Waals surface area contributed by atoms with Gasteiger partial charge in [0.1, 0.15) is 0 Å². The van der Waals surface area contributed by atoms with Crippen LogP contribution in [0.5, 0.6) is 0 Å². The number of anilines is 2. The molecule has 2 aromatic heterocycles. The summed E-state index contributed by atoms with van der Waals surface area (Å²) in [4.78, 5) is 26.3. The molecule has 2 aliphatic rings. The number of nitrogens with zero attached hydrogens (tertiary/aromatic N) is 2. The largest absolute Gasteiger partial charge is 0.465 e. The third-order valence-electron chi connectivity index (χ3n) is 5.45. The molecule has 5 rings (SSSR count). The number of hydrogen-bond donors (Lipinski definition) is 2.